The predicted octanol–water partition coefficient (Wildman–Crippen LogP) is 2.12. The van der Waals surface area contributed by atoms with E-state index in [4.69, 9.17) is 4.89 Å². The molecule has 0 amide bonds. The fourth-order valence-electron chi connectivity index (χ4n) is 1.03. The van der Waals surface area contributed by atoms with E-state index in [0.717, 1.165) is 14.2 Å². The van der Waals surface area contributed by atoms with Crippen molar-refractivity contribution in [2.24, 2.45) is 0 Å². The number of hydrogen-bond acceptors (Lipinski definition) is 4. The molecule has 0 radical (unpaired) electrons. The first kappa shape index (κ1) is 17.5. The Labute approximate surface area is 93.0 Å². The molecule has 0 aromatic carbocycles. The minimum absolute atomic E-state index is 0.713. The largest absolute Gasteiger partial charge is 0.471 e. The molecule has 6 heteroatoms. The molecule has 0 rings (SSSR count). The van der Waals surface area contributed by atoms with Crippen molar-refractivity contribution in [1.82, 2.24) is 4.90 Å². The molecule has 0 aromatic rings. The van der Waals surface area contributed by atoms with Crippen LogP contribution in [0.1, 0.15) is 27.7 Å². The normalized spacial score (nSPS) is 11.5. The van der Waals surface area contributed by atoms with Crippen LogP contribution < -0.4 is 0 Å². The van der Waals surface area contributed by atoms with E-state index in [2.05, 4.69) is 41.6 Å². The van der Waals surface area contributed by atoms with E-state index < -0.39 is 7.82 Å². The molecule has 1 N–H and O–H groups in total. The van der Waals surface area contributed by atoms with Crippen LogP contribution in [0.15, 0.2) is 0 Å². The van der Waals surface area contributed by atoms with Gasteiger partial charge in [0.2, 0.25) is 0 Å². The quantitative estimate of drug-likeness (QED) is 0.747. The lowest BCUT2D eigenvalue weighted by Gasteiger charge is -2.21. The van der Waals surface area contributed by atoms with Crippen molar-refractivity contribution >= 4 is 7.82 Å². The Bertz CT molecular complexity index is 175. The highest BCUT2D eigenvalue weighted by molar-refractivity contribution is 7.47. The fourth-order valence-corrected chi connectivity index (χ4v) is 1.18. The minimum atomic E-state index is -3.65. The van der Waals surface area contributed by atoms with Crippen molar-refractivity contribution in [3.8, 4) is 0 Å². The van der Waals surface area contributed by atoms with Gasteiger partial charge < -0.3 is 9.79 Å². The van der Waals surface area contributed by atoms with Gasteiger partial charge in [0.25, 0.3) is 0 Å². The van der Waals surface area contributed by atoms with E-state index in [1.807, 2.05) is 0 Å². The lowest BCUT2D eigenvalue weighted by Crippen LogP contribution is -2.29. The zero-order valence-electron chi connectivity index (χ0n) is 10.6. The molecule has 0 fully saturated rings. The molecule has 0 saturated heterocycles. The zero-order valence-corrected chi connectivity index (χ0v) is 11.5. The van der Waals surface area contributed by atoms with Gasteiger partial charge in [0.05, 0.1) is 0 Å². The standard InChI is InChI=1S/C7H17N.C2H7O4P/c1-5-8(6-2)7(3)4;1-5-7(3,4)6-2/h7H,5-6H2,1-4H3;1-2H3,(H,3,4). The molecule has 0 bridgehead atoms. The Morgan fingerprint density at radius 3 is 1.53 bits per heavy atom. The molecular formula is C9H24NO4P. The van der Waals surface area contributed by atoms with Crippen molar-refractivity contribution < 1.29 is 18.5 Å². The van der Waals surface area contributed by atoms with Gasteiger partial charge in [-0.3, -0.25) is 9.05 Å². The van der Waals surface area contributed by atoms with Gasteiger partial charge in [0.1, 0.15) is 0 Å². The molecule has 5 nitrogen and oxygen atoms in total. The summed E-state index contributed by atoms with van der Waals surface area (Å²) in [6, 6.07) is 0.713. The van der Waals surface area contributed by atoms with Crippen LogP contribution in [0.3, 0.4) is 0 Å². The Hall–Kier alpha value is 0.0700. The SMILES string of the molecule is CCN(CC)C(C)C.COP(=O)(O)OC. The Kier molecular flexibility index (Phi) is 10.8. The summed E-state index contributed by atoms with van der Waals surface area (Å²) in [5.41, 5.74) is 0. The number of phosphoric acid groups is 1. The highest BCUT2D eigenvalue weighted by Crippen LogP contribution is 2.40. The van der Waals surface area contributed by atoms with E-state index in [-0.39, 0.29) is 0 Å². The molecule has 0 aliphatic heterocycles. The average Bonchev–Trinajstić information content (AvgIpc) is 2.20. The van der Waals surface area contributed by atoms with E-state index >= 15 is 0 Å². The van der Waals surface area contributed by atoms with Crippen molar-refractivity contribution in [3.05, 3.63) is 0 Å². The first-order valence-electron chi connectivity index (χ1n) is 5.02. The van der Waals surface area contributed by atoms with Gasteiger partial charge in [-0.15, -0.1) is 0 Å². The van der Waals surface area contributed by atoms with E-state index in [1.165, 1.54) is 13.1 Å². The molecule has 0 heterocycles. The third-order valence-electron chi connectivity index (χ3n) is 2.00. The second kappa shape index (κ2) is 9.31. The first-order valence-corrected chi connectivity index (χ1v) is 6.52. The monoisotopic (exact) mass is 241 g/mol. The van der Waals surface area contributed by atoms with Gasteiger partial charge in [-0.2, -0.15) is 0 Å². The third-order valence-corrected chi connectivity index (χ3v) is 2.93. The number of rotatable bonds is 5. The molecule has 15 heavy (non-hydrogen) atoms. The number of hydrogen-bond donors (Lipinski definition) is 1. The summed E-state index contributed by atoms with van der Waals surface area (Å²) in [6.07, 6.45) is 0. The van der Waals surface area contributed by atoms with E-state index in [0.29, 0.717) is 6.04 Å². The average molecular weight is 241 g/mol. The highest BCUT2D eigenvalue weighted by atomic mass is 31.2. The number of phosphoric ester groups is 1. The summed E-state index contributed by atoms with van der Waals surface area (Å²) >= 11 is 0. The van der Waals surface area contributed by atoms with Crippen LogP contribution in [-0.2, 0) is 13.6 Å². The molecule has 0 aromatic heterocycles. The molecule has 0 unspecified atom stereocenters. The summed E-state index contributed by atoms with van der Waals surface area (Å²) in [5.74, 6) is 0. The predicted molar refractivity (Wildman–Crippen MR) is 61.9 cm³/mol. The van der Waals surface area contributed by atoms with E-state index in [1.54, 1.807) is 0 Å². The second-order valence-corrected chi connectivity index (χ2v) is 4.82. The highest BCUT2D eigenvalue weighted by Gasteiger charge is 2.13. The smallest absolute Gasteiger partial charge is 0.303 e. The summed E-state index contributed by atoms with van der Waals surface area (Å²) in [6.45, 7) is 11.2. The Balaban J connectivity index is 0. The Morgan fingerprint density at radius 1 is 1.20 bits per heavy atom. The maximum atomic E-state index is 10.1. The molecule has 0 aliphatic carbocycles. The first-order chi connectivity index (χ1) is 6.84. The van der Waals surface area contributed by atoms with Gasteiger partial charge in [0, 0.05) is 20.3 Å². The summed E-state index contributed by atoms with van der Waals surface area (Å²) in [5, 5.41) is 0. The maximum Gasteiger partial charge on any atom is 0.471 e. The lowest BCUT2D eigenvalue weighted by atomic mass is 10.3. The van der Waals surface area contributed by atoms with Crippen molar-refractivity contribution in [1.29, 1.82) is 0 Å². The van der Waals surface area contributed by atoms with E-state index in [9.17, 15) is 4.57 Å². The molecule has 0 spiro atoms. The van der Waals surface area contributed by atoms with Crippen LogP contribution in [0.4, 0.5) is 0 Å². The van der Waals surface area contributed by atoms with Gasteiger partial charge >= 0.3 is 7.82 Å². The van der Waals surface area contributed by atoms with Crippen LogP contribution in [0.2, 0.25) is 0 Å². The maximum absolute atomic E-state index is 10.1. The van der Waals surface area contributed by atoms with Crippen LogP contribution in [0.5, 0.6) is 0 Å². The summed E-state index contributed by atoms with van der Waals surface area (Å²) < 4.78 is 18.0. The second-order valence-electron chi connectivity index (χ2n) is 3.15. The van der Waals surface area contributed by atoms with Crippen LogP contribution in [0.25, 0.3) is 0 Å². The summed E-state index contributed by atoms with van der Waals surface area (Å²) in [4.78, 5) is 10.7. The van der Waals surface area contributed by atoms with Crippen molar-refractivity contribution in [2.45, 2.75) is 33.7 Å². The van der Waals surface area contributed by atoms with Gasteiger partial charge in [0.15, 0.2) is 0 Å². The van der Waals surface area contributed by atoms with Crippen molar-refractivity contribution in [3.63, 3.8) is 0 Å². The van der Waals surface area contributed by atoms with Crippen LogP contribution in [-0.4, -0.2) is 43.1 Å². The third kappa shape index (κ3) is 10.4. The Morgan fingerprint density at radius 2 is 1.53 bits per heavy atom. The number of nitrogens with zero attached hydrogens (tertiary/aromatic N) is 1. The van der Waals surface area contributed by atoms with Crippen molar-refractivity contribution in [2.75, 3.05) is 27.3 Å². The lowest BCUT2D eigenvalue weighted by molar-refractivity contribution is 0.204. The zero-order chi connectivity index (χ0) is 12.5. The fraction of sp³-hybridized carbons (Fsp3) is 1.00. The molecular weight excluding hydrogens is 217 g/mol. The molecule has 0 saturated carbocycles. The molecule has 0 atom stereocenters. The minimum Gasteiger partial charge on any atom is -0.303 e. The molecule has 94 valence electrons. The van der Waals surface area contributed by atoms with Gasteiger partial charge in [-0.25, -0.2) is 4.57 Å². The molecule has 0 aliphatic rings. The van der Waals surface area contributed by atoms with Gasteiger partial charge in [-0.05, 0) is 26.9 Å². The topological polar surface area (TPSA) is 59.0 Å². The summed E-state index contributed by atoms with van der Waals surface area (Å²) in [7, 11) is -1.45. The van der Waals surface area contributed by atoms with Gasteiger partial charge in [-0.1, -0.05) is 13.8 Å². The van der Waals surface area contributed by atoms with Crippen LogP contribution >= 0.6 is 7.82 Å². The van der Waals surface area contributed by atoms with Crippen LogP contribution in [0, 0.1) is 0 Å².